The van der Waals surface area contributed by atoms with Crippen molar-refractivity contribution in [1.29, 1.82) is 0 Å². The molecule has 2 aromatic carbocycles. The van der Waals surface area contributed by atoms with E-state index in [-0.39, 0.29) is 17.9 Å². The van der Waals surface area contributed by atoms with Gasteiger partial charge in [0, 0.05) is 28.1 Å². The highest BCUT2D eigenvalue weighted by molar-refractivity contribution is 7.08. The molecule has 162 valence electrons. The molecular weight excluding hydrogens is 420 g/mol. The van der Waals surface area contributed by atoms with Crippen LogP contribution in [0.4, 0.5) is 11.4 Å². The Morgan fingerprint density at radius 1 is 1.19 bits per heavy atom. The molecule has 0 bridgehead atoms. The van der Waals surface area contributed by atoms with E-state index < -0.39 is 0 Å². The van der Waals surface area contributed by atoms with Crippen LogP contribution in [0.25, 0.3) is 11.1 Å². The van der Waals surface area contributed by atoms with Crippen molar-refractivity contribution in [3.05, 3.63) is 81.8 Å². The number of nitrogens with one attached hydrogen (secondary N) is 1. The number of aromatic amines is 1. The highest BCUT2D eigenvalue weighted by Crippen LogP contribution is 2.47. The minimum Gasteiger partial charge on any atom is -0.496 e. The molecule has 1 atom stereocenters. The SMILES string of the molecule is COc1ccccc1C1c2c(C(C)C)n[nH]c2C(=O)N1c1ccc(-c2ccsc2)c(N)c1. The van der Waals surface area contributed by atoms with Crippen molar-refractivity contribution < 1.29 is 9.53 Å². The molecule has 1 aliphatic heterocycles. The Balaban J connectivity index is 1.69. The molecule has 4 aromatic rings. The molecule has 0 aliphatic carbocycles. The van der Waals surface area contributed by atoms with Gasteiger partial charge in [-0.3, -0.25) is 14.8 Å². The molecule has 5 rings (SSSR count). The summed E-state index contributed by atoms with van der Waals surface area (Å²) in [6.07, 6.45) is 0. The van der Waals surface area contributed by atoms with Crippen molar-refractivity contribution in [2.75, 3.05) is 17.7 Å². The van der Waals surface area contributed by atoms with E-state index in [1.54, 1.807) is 23.3 Å². The molecular formula is C25H24N4O2S. The molecule has 1 aliphatic rings. The summed E-state index contributed by atoms with van der Waals surface area (Å²) in [5.74, 6) is 0.755. The predicted octanol–water partition coefficient (Wildman–Crippen LogP) is 5.60. The maximum Gasteiger partial charge on any atom is 0.277 e. The maximum atomic E-state index is 13.6. The Morgan fingerprint density at radius 3 is 2.69 bits per heavy atom. The molecule has 3 heterocycles. The first-order valence-corrected chi connectivity index (χ1v) is 11.4. The molecule has 6 nitrogen and oxygen atoms in total. The first-order valence-electron chi connectivity index (χ1n) is 10.5. The fraction of sp³-hybridized carbons (Fsp3) is 0.200. The van der Waals surface area contributed by atoms with Gasteiger partial charge in [-0.25, -0.2) is 0 Å². The normalized spacial score (nSPS) is 15.4. The number of thiophene rings is 1. The molecule has 0 fully saturated rings. The molecule has 2 aromatic heterocycles. The standard InChI is InChI=1S/C25H24N4O2S/c1-14(2)22-21-23(28-27-22)25(30)29(24(21)18-6-4-5-7-20(18)31-3)16-8-9-17(19(26)12-16)15-10-11-32-13-15/h4-14,24H,26H2,1-3H3,(H,27,28). The van der Waals surface area contributed by atoms with Crippen LogP contribution in [0.1, 0.15) is 53.1 Å². The van der Waals surface area contributed by atoms with Gasteiger partial charge in [-0.15, -0.1) is 0 Å². The highest BCUT2D eigenvalue weighted by atomic mass is 32.1. The zero-order chi connectivity index (χ0) is 22.4. The summed E-state index contributed by atoms with van der Waals surface area (Å²) in [6, 6.07) is 15.3. The second-order valence-corrected chi connectivity index (χ2v) is 8.94. The van der Waals surface area contributed by atoms with Crippen molar-refractivity contribution in [3.8, 4) is 16.9 Å². The lowest BCUT2D eigenvalue weighted by atomic mass is 9.94. The van der Waals surface area contributed by atoms with Gasteiger partial charge in [-0.1, -0.05) is 38.1 Å². The van der Waals surface area contributed by atoms with Crippen molar-refractivity contribution in [2.45, 2.75) is 25.8 Å². The van der Waals surface area contributed by atoms with Crippen LogP contribution in [0.15, 0.2) is 59.3 Å². The maximum absolute atomic E-state index is 13.6. The van der Waals surface area contributed by atoms with Gasteiger partial charge in [0.1, 0.15) is 11.4 Å². The molecule has 0 spiro atoms. The van der Waals surface area contributed by atoms with Crippen molar-refractivity contribution in [3.63, 3.8) is 0 Å². The van der Waals surface area contributed by atoms with Gasteiger partial charge in [-0.2, -0.15) is 16.4 Å². The molecule has 1 amide bonds. The van der Waals surface area contributed by atoms with Crippen LogP contribution < -0.4 is 15.4 Å². The number of benzene rings is 2. The first kappa shape index (κ1) is 20.3. The van der Waals surface area contributed by atoms with E-state index in [4.69, 9.17) is 10.5 Å². The van der Waals surface area contributed by atoms with Gasteiger partial charge in [0.15, 0.2) is 0 Å². The Hall–Kier alpha value is -3.58. The Bertz CT molecular complexity index is 1290. The van der Waals surface area contributed by atoms with Crippen LogP contribution >= 0.6 is 11.3 Å². The van der Waals surface area contributed by atoms with Gasteiger partial charge in [0.05, 0.1) is 18.8 Å². The molecule has 3 N–H and O–H groups in total. The zero-order valence-electron chi connectivity index (χ0n) is 18.1. The third-order valence-electron chi connectivity index (χ3n) is 5.92. The molecule has 32 heavy (non-hydrogen) atoms. The first-order chi connectivity index (χ1) is 15.5. The summed E-state index contributed by atoms with van der Waals surface area (Å²) >= 11 is 1.63. The third-order valence-corrected chi connectivity index (χ3v) is 6.61. The van der Waals surface area contributed by atoms with Crippen LogP contribution in [-0.2, 0) is 0 Å². The summed E-state index contributed by atoms with van der Waals surface area (Å²) in [7, 11) is 1.65. The van der Waals surface area contributed by atoms with E-state index in [0.717, 1.165) is 39.4 Å². The van der Waals surface area contributed by atoms with E-state index in [1.807, 2.05) is 53.9 Å². The van der Waals surface area contributed by atoms with Crippen molar-refractivity contribution >= 4 is 28.6 Å². The van der Waals surface area contributed by atoms with Gasteiger partial charge in [-0.05, 0) is 46.5 Å². The van der Waals surface area contributed by atoms with Crippen molar-refractivity contribution in [1.82, 2.24) is 10.2 Å². The van der Waals surface area contributed by atoms with E-state index in [2.05, 4.69) is 29.4 Å². The summed E-state index contributed by atoms with van der Waals surface area (Å²) < 4.78 is 5.67. The van der Waals surface area contributed by atoms with Crippen LogP contribution in [0.5, 0.6) is 5.75 Å². The highest BCUT2D eigenvalue weighted by Gasteiger charge is 2.44. The quantitative estimate of drug-likeness (QED) is 0.392. The lowest BCUT2D eigenvalue weighted by Gasteiger charge is -2.28. The second-order valence-electron chi connectivity index (χ2n) is 8.16. The average molecular weight is 445 g/mol. The largest absolute Gasteiger partial charge is 0.496 e. The van der Waals surface area contributed by atoms with Gasteiger partial charge >= 0.3 is 0 Å². The van der Waals surface area contributed by atoms with Crippen LogP contribution in [0.3, 0.4) is 0 Å². The lowest BCUT2D eigenvalue weighted by molar-refractivity contribution is 0.0988. The number of nitrogens with two attached hydrogens (primary N) is 1. The number of carbonyl (C=O) groups excluding carboxylic acids is 1. The fourth-order valence-electron chi connectivity index (χ4n) is 4.45. The average Bonchev–Trinajstić information content (AvgIpc) is 3.51. The van der Waals surface area contributed by atoms with Gasteiger partial charge in [0.25, 0.3) is 5.91 Å². The monoisotopic (exact) mass is 444 g/mol. The molecule has 0 saturated carbocycles. The van der Waals surface area contributed by atoms with Crippen LogP contribution in [0.2, 0.25) is 0 Å². The van der Waals surface area contributed by atoms with E-state index >= 15 is 0 Å². The number of ether oxygens (including phenoxy) is 1. The third kappa shape index (κ3) is 3.08. The number of anilines is 2. The van der Waals surface area contributed by atoms with Crippen molar-refractivity contribution in [2.24, 2.45) is 0 Å². The summed E-state index contributed by atoms with van der Waals surface area (Å²) in [4.78, 5) is 15.4. The minimum absolute atomic E-state index is 0.127. The van der Waals surface area contributed by atoms with E-state index in [9.17, 15) is 4.79 Å². The van der Waals surface area contributed by atoms with E-state index in [1.165, 1.54) is 0 Å². The summed E-state index contributed by atoms with van der Waals surface area (Å²) in [6.45, 7) is 4.16. The molecule has 7 heteroatoms. The van der Waals surface area contributed by atoms with E-state index in [0.29, 0.717) is 11.4 Å². The van der Waals surface area contributed by atoms with Gasteiger partial charge in [0.2, 0.25) is 0 Å². The number of nitrogen functional groups attached to an aromatic ring is 1. The second kappa shape index (κ2) is 7.84. The number of aromatic nitrogens is 2. The number of rotatable bonds is 5. The molecule has 0 radical (unpaired) electrons. The smallest absolute Gasteiger partial charge is 0.277 e. The summed E-state index contributed by atoms with van der Waals surface area (Å²) in [5.41, 5.74) is 13.1. The lowest BCUT2D eigenvalue weighted by Crippen LogP contribution is -2.30. The number of fused-ring (bicyclic) bond motifs is 1. The van der Waals surface area contributed by atoms with Crippen LogP contribution in [0, 0.1) is 0 Å². The number of para-hydroxylation sites is 1. The fourth-order valence-corrected chi connectivity index (χ4v) is 5.10. The number of H-pyrrole nitrogens is 1. The van der Waals surface area contributed by atoms with Crippen LogP contribution in [-0.4, -0.2) is 23.2 Å². The number of nitrogens with zero attached hydrogens (tertiary/aromatic N) is 2. The number of hydrogen-bond donors (Lipinski definition) is 2. The summed E-state index contributed by atoms with van der Waals surface area (Å²) in [5, 5.41) is 11.6. The topological polar surface area (TPSA) is 84.2 Å². The van der Waals surface area contributed by atoms with Gasteiger partial charge < -0.3 is 10.5 Å². The molecule has 1 unspecified atom stereocenters. The predicted molar refractivity (Wildman–Crippen MR) is 128 cm³/mol. The molecule has 0 saturated heterocycles. The number of hydrogen-bond acceptors (Lipinski definition) is 5. The Morgan fingerprint density at radius 2 is 2.00 bits per heavy atom. The Kier molecular flexibility index (Phi) is 4.98. The minimum atomic E-state index is -0.365. The number of amides is 1. The zero-order valence-corrected chi connectivity index (χ0v) is 18.9. The Labute approximate surface area is 190 Å². The number of carbonyl (C=O) groups is 1. The number of methoxy groups -OCH3 is 1.